The van der Waals surface area contributed by atoms with Crippen LogP contribution < -0.4 is 14.7 Å². The van der Waals surface area contributed by atoms with Crippen LogP contribution in [0.4, 0.5) is 17.1 Å². The zero-order valence-electron chi connectivity index (χ0n) is 50.5. The fourth-order valence-corrected chi connectivity index (χ4v) is 8.04. The molecule has 0 heterocycles. The predicted molar refractivity (Wildman–Crippen MR) is 320 cm³/mol. The summed E-state index contributed by atoms with van der Waals surface area (Å²) in [6.07, 6.45) is 0. The van der Waals surface area contributed by atoms with E-state index in [4.69, 9.17) is 96.2 Å². The van der Waals surface area contributed by atoms with Crippen LogP contribution >= 0.6 is 0 Å². The van der Waals surface area contributed by atoms with Gasteiger partial charge in [0.1, 0.15) is 0 Å². The Morgan fingerprint density at radius 2 is 0.405 bits per heavy atom. The van der Waals surface area contributed by atoms with Gasteiger partial charge in [0, 0.05) is 63.3 Å². The lowest BCUT2D eigenvalue weighted by atomic mass is 9.85. The summed E-state index contributed by atoms with van der Waals surface area (Å²) in [4.78, 5) is 6.65. The second-order valence-corrected chi connectivity index (χ2v) is 18.8. The number of hydrogen-bond acceptors (Lipinski definition) is 23. The number of aliphatic hydroxyl groups is 4. The van der Waals surface area contributed by atoms with Crippen LogP contribution in [0.3, 0.4) is 0 Å². The first kappa shape index (κ1) is 74.5. The van der Waals surface area contributed by atoms with Crippen molar-refractivity contribution in [3.63, 3.8) is 0 Å². The highest BCUT2D eigenvalue weighted by Gasteiger charge is 2.19. The van der Waals surface area contributed by atoms with Crippen LogP contribution in [0.5, 0.6) is 0 Å². The highest BCUT2D eigenvalue weighted by atomic mass is 16.6. The highest BCUT2D eigenvalue weighted by Crippen LogP contribution is 2.35. The van der Waals surface area contributed by atoms with E-state index in [1.807, 2.05) is 14.1 Å². The molecule has 0 atom stereocenters. The number of ether oxygens (including phenoxy) is 16. The maximum absolute atomic E-state index is 8.84. The lowest BCUT2D eigenvalue weighted by Crippen LogP contribution is -2.31. The Bertz CT molecular complexity index is 1700. The fourth-order valence-electron chi connectivity index (χ4n) is 8.04. The Labute approximate surface area is 500 Å². The Kier molecular flexibility index (Phi) is 48.5. The minimum atomic E-state index is -0.0606. The van der Waals surface area contributed by atoms with Crippen LogP contribution in [0.1, 0.15) is 22.6 Å². The number of aliphatic hydroxyl groups excluding tert-OH is 4. The Morgan fingerprint density at radius 3 is 0.583 bits per heavy atom. The summed E-state index contributed by atoms with van der Waals surface area (Å²) in [7, 11) is 4.09. The van der Waals surface area contributed by atoms with E-state index in [-0.39, 0.29) is 32.3 Å². The number of nitrogens with zero attached hydrogens (tertiary/aromatic N) is 3. The van der Waals surface area contributed by atoms with Crippen molar-refractivity contribution in [2.75, 3.05) is 293 Å². The summed E-state index contributed by atoms with van der Waals surface area (Å²) in [5.41, 5.74) is 6.68. The molecule has 3 aromatic carbocycles. The number of benzene rings is 3. The fraction of sp³-hybridized carbons (Fsp3) is 0.705. The van der Waals surface area contributed by atoms with Crippen LogP contribution in [0.2, 0.25) is 0 Å². The third-order valence-corrected chi connectivity index (χ3v) is 12.4. The maximum atomic E-state index is 8.84. The first-order valence-corrected chi connectivity index (χ1v) is 29.7. The van der Waals surface area contributed by atoms with Crippen molar-refractivity contribution in [2.24, 2.45) is 0 Å². The Balaban J connectivity index is 1.69. The van der Waals surface area contributed by atoms with Gasteiger partial charge in [-0.2, -0.15) is 0 Å². The molecule has 0 aromatic heterocycles. The van der Waals surface area contributed by atoms with Crippen molar-refractivity contribution >= 4 is 17.1 Å². The second-order valence-electron chi connectivity index (χ2n) is 18.8. The van der Waals surface area contributed by atoms with Crippen molar-refractivity contribution in [3.8, 4) is 0 Å². The molecule has 0 fully saturated rings. The van der Waals surface area contributed by atoms with Gasteiger partial charge in [0.2, 0.25) is 0 Å². The molecule has 0 aliphatic carbocycles. The largest absolute Gasteiger partial charge is 0.394 e. The average molecular weight is 1200 g/mol. The molecule has 0 spiro atoms. The molecular weight excluding hydrogens is 1090 g/mol. The Morgan fingerprint density at radius 1 is 0.238 bits per heavy atom. The van der Waals surface area contributed by atoms with Gasteiger partial charge in [-0.15, -0.1) is 0 Å². The van der Waals surface area contributed by atoms with Crippen molar-refractivity contribution in [3.05, 3.63) is 89.5 Å². The van der Waals surface area contributed by atoms with E-state index in [1.54, 1.807) is 0 Å². The maximum Gasteiger partial charge on any atom is 0.0701 e. The van der Waals surface area contributed by atoms with Gasteiger partial charge >= 0.3 is 0 Å². The lowest BCUT2D eigenvalue weighted by molar-refractivity contribution is -0.00592. The highest BCUT2D eigenvalue weighted by molar-refractivity contribution is 5.56. The molecule has 0 unspecified atom stereocenters. The van der Waals surface area contributed by atoms with Crippen LogP contribution in [-0.2, 0) is 75.8 Å². The lowest BCUT2D eigenvalue weighted by Gasteiger charge is -2.27. The van der Waals surface area contributed by atoms with Gasteiger partial charge < -0.3 is 111 Å². The first-order valence-electron chi connectivity index (χ1n) is 29.7. The third-order valence-electron chi connectivity index (χ3n) is 12.4. The topological polar surface area (TPSA) is 238 Å². The van der Waals surface area contributed by atoms with Crippen LogP contribution in [0, 0.1) is 0 Å². The Hall–Kier alpha value is -3.74. The molecule has 482 valence electrons. The summed E-state index contributed by atoms with van der Waals surface area (Å²) in [6, 6.07) is 26.3. The molecule has 0 bridgehead atoms. The molecule has 3 rings (SSSR count). The molecule has 0 amide bonds. The molecule has 0 saturated heterocycles. The average Bonchev–Trinajstić information content (AvgIpc) is 3.70. The minimum absolute atomic E-state index is 0.00634. The molecule has 23 heteroatoms. The van der Waals surface area contributed by atoms with Crippen LogP contribution in [-0.4, -0.2) is 299 Å². The molecular formula is C61H103N3O20. The zero-order valence-corrected chi connectivity index (χ0v) is 50.5. The third kappa shape index (κ3) is 38.4. The molecule has 4 N–H and O–H groups in total. The van der Waals surface area contributed by atoms with Crippen molar-refractivity contribution in [1.82, 2.24) is 0 Å². The SMILES string of the molecule is CN(C)c1ccc(C(c2ccc(N(CCOCCOCCOCCOCCO)CCOCCOCCOCCOCCO)cc2)c2ccc(N(CCOCCOCCOCCOCCO)CCOCCOCCOCCOCCO)cc2)cc1. The van der Waals surface area contributed by atoms with Gasteiger partial charge in [-0.05, 0) is 53.1 Å². The second kappa shape index (κ2) is 54.6. The van der Waals surface area contributed by atoms with Crippen molar-refractivity contribution in [1.29, 1.82) is 0 Å². The van der Waals surface area contributed by atoms with Crippen LogP contribution in [0.25, 0.3) is 0 Å². The van der Waals surface area contributed by atoms with E-state index in [9.17, 15) is 0 Å². The summed E-state index contributed by atoms with van der Waals surface area (Å²) in [6.45, 7) is 16.4. The van der Waals surface area contributed by atoms with E-state index in [2.05, 4.69) is 87.5 Å². The summed E-state index contributed by atoms with van der Waals surface area (Å²) in [5.74, 6) is -0.0606. The number of anilines is 3. The molecule has 23 nitrogen and oxygen atoms in total. The summed E-state index contributed by atoms with van der Waals surface area (Å²) < 4.78 is 89.9. The molecule has 0 saturated carbocycles. The van der Waals surface area contributed by atoms with Gasteiger partial charge in [-0.1, -0.05) is 36.4 Å². The quantitative estimate of drug-likeness (QED) is 0.0470. The van der Waals surface area contributed by atoms with Crippen molar-refractivity contribution < 1.29 is 96.2 Å². The minimum Gasteiger partial charge on any atom is -0.394 e. The van der Waals surface area contributed by atoms with E-state index in [0.29, 0.717) is 238 Å². The van der Waals surface area contributed by atoms with E-state index in [0.717, 1.165) is 28.2 Å². The van der Waals surface area contributed by atoms with E-state index < -0.39 is 0 Å². The number of hydrogen-bond donors (Lipinski definition) is 4. The normalized spacial score (nSPS) is 11.6. The molecule has 3 aromatic rings. The smallest absolute Gasteiger partial charge is 0.0701 e. The van der Waals surface area contributed by atoms with Gasteiger partial charge in [-0.3, -0.25) is 0 Å². The molecule has 0 radical (unpaired) electrons. The molecule has 0 aliphatic heterocycles. The summed E-state index contributed by atoms with van der Waals surface area (Å²) >= 11 is 0. The van der Waals surface area contributed by atoms with Crippen molar-refractivity contribution in [2.45, 2.75) is 5.92 Å². The van der Waals surface area contributed by atoms with Gasteiger partial charge in [-0.25, -0.2) is 0 Å². The number of rotatable bonds is 62. The van der Waals surface area contributed by atoms with Gasteiger partial charge in [0.25, 0.3) is 0 Å². The zero-order chi connectivity index (χ0) is 59.9. The molecule has 84 heavy (non-hydrogen) atoms. The monoisotopic (exact) mass is 1200 g/mol. The van der Waals surface area contributed by atoms with E-state index in [1.165, 1.54) is 5.56 Å². The van der Waals surface area contributed by atoms with Gasteiger partial charge in [0.05, 0.1) is 238 Å². The van der Waals surface area contributed by atoms with Gasteiger partial charge in [0.15, 0.2) is 0 Å². The standard InChI is InChI=1S/C61H103N3O20/c1-62(2)58-9-3-55(4-10-58)61(56-5-11-59(12-6-56)63(15-23-69-31-39-77-47-51-81-43-35-73-27-19-65)16-24-70-32-40-78-48-52-82-44-36-74-28-20-66)57-7-13-60(14-8-57)64(17-25-71-33-41-79-49-53-83-45-37-75-29-21-67)18-26-72-34-42-80-50-54-84-46-38-76-30-22-68/h3-14,61,65-68H,15-54H2,1-2H3. The summed E-state index contributed by atoms with van der Waals surface area (Å²) in [5, 5.41) is 35.4. The molecule has 0 aliphatic rings. The predicted octanol–water partition coefficient (Wildman–Crippen LogP) is 2.78. The van der Waals surface area contributed by atoms with E-state index >= 15 is 0 Å². The first-order chi connectivity index (χ1) is 41.5. The van der Waals surface area contributed by atoms with Crippen LogP contribution in [0.15, 0.2) is 72.8 Å².